The third-order valence-electron chi connectivity index (χ3n) is 4.12. The van der Waals surface area contributed by atoms with Crippen LogP contribution >= 0.6 is 11.6 Å². The molecule has 2 N–H and O–H groups in total. The lowest BCUT2D eigenvalue weighted by Crippen LogP contribution is -2.28. The van der Waals surface area contributed by atoms with Crippen molar-refractivity contribution in [2.24, 2.45) is 0 Å². The number of nitrogens with one attached hydrogen (secondary N) is 2. The molecule has 1 heterocycles. The van der Waals surface area contributed by atoms with Crippen LogP contribution in [0, 0.1) is 6.92 Å². The van der Waals surface area contributed by atoms with Gasteiger partial charge in [0, 0.05) is 35.1 Å². The van der Waals surface area contributed by atoms with Crippen molar-refractivity contribution >= 4 is 29.1 Å². The molecule has 5 nitrogen and oxygen atoms in total. The molecule has 0 aliphatic heterocycles. The van der Waals surface area contributed by atoms with Crippen molar-refractivity contribution in [1.82, 2.24) is 14.9 Å². The van der Waals surface area contributed by atoms with E-state index in [1.807, 2.05) is 37.3 Å². The van der Waals surface area contributed by atoms with Crippen LogP contribution in [-0.2, 0) is 0 Å². The van der Waals surface area contributed by atoms with E-state index < -0.39 is 0 Å². The number of benzene rings is 1. The number of hydrogen-bond acceptors (Lipinski definition) is 5. The first-order valence-corrected chi connectivity index (χ1v) is 9.25. The highest BCUT2D eigenvalue weighted by atomic mass is 35.5. The first-order chi connectivity index (χ1) is 12.0. The smallest absolute Gasteiger partial charge is 0.229 e. The van der Waals surface area contributed by atoms with Crippen LogP contribution in [0.3, 0.4) is 0 Å². The van der Waals surface area contributed by atoms with Crippen LogP contribution in [0.25, 0.3) is 0 Å². The summed E-state index contributed by atoms with van der Waals surface area (Å²) in [5.74, 6) is 1.43. The molecule has 0 radical (unpaired) electrons. The molecule has 1 aromatic carbocycles. The Labute approximate surface area is 155 Å². The van der Waals surface area contributed by atoms with E-state index in [9.17, 15) is 0 Å². The van der Waals surface area contributed by atoms with E-state index in [2.05, 4.69) is 46.3 Å². The lowest BCUT2D eigenvalue weighted by Gasteiger charge is -2.21. The average Bonchev–Trinajstić information content (AvgIpc) is 2.57. The van der Waals surface area contributed by atoms with Gasteiger partial charge in [-0.05, 0) is 57.6 Å². The number of halogens is 1. The van der Waals surface area contributed by atoms with Gasteiger partial charge >= 0.3 is 0 Å². The fraction of sp³-hybridized carbons (Fsp3) is 0.474. The monoisotopic (exact) mass is 361 g/mol. The molecule has 2 aromatic rings. The predicted octanol–water partition coefficient (Wildman–Crippen LogP) is 4.71. The quantitative estimate of drug-likeness (QED) is 0.677. The molecule has 0 fully saturated rings. The van der Waals surface area contributed by atoms with Crippen LogP contribution in [0.15, 0.2) is 30.3 Å². The number of aryl methyl sites for hydroxylation is 1. The highest BCUT2D eigenvalue weighted by molar-refractivity contribution is 6.30. The average molecular weight is 362 g/mol. The van der Waals surface area contributed by atoms with Crippen LogP contribution < -0.4 is 10.6 Å². The zero-order valence-electron chi connectivity index (χ0n) is 15.5. The number of nitrogens with zero attached hydrogens (tertiary/aromatic N) is 3. The van der Waals surface area contributed by atoms with E-state index in [4.69, 9.17) is 11.6 Å². The van der Waals surface area contributed by atoms with Crippen LogP contribution in [0.2, 0.25) is 5.02 Å². The summed E-state index contributed by atoms with van der Waals surface area (Å²) in [6.45, 7) is 11.8. The van der Waals surface area contributed by atoms with Crippen molar-refractivity contribution in [2.75, 3.05) is 30.3 Å². The molecule has 0 amide bonds. The van der Waals surface area contributed by atoms with Gasteiger partial charge in [-0.25, -0.2) is 4.98 Å². The molecule has 6 heteroatoms. The fourth-order valence-corrected chi connectivity index (χ4v) is 2.73. The largest absolute Gasteiger partial charge is 0.367 e. The second-order valence-corrected chi connectivity index (χ2v) is 6.65. The molecular formula is C19H28ClN5. The van der Waals surface area contributed by atoms with Gasteiger partial charge in [0.2, 0.25) is 5.95 Å². The molecule has 0 saturated heterocycles. The fourth-order valence-electron chi connectivity index (χ4n) is 2.60. The standard InChI is InChI=1S/C19H28ClN5/c1-5-25(6-2)12-11-14(3)21-18-13-15(4)22-19(24-18)23-17-9-7-16(20)8-10-17/h7-10,13-14H,5-6,11-12H2,1-4H3,(H2,21,22,23,24). The Morgan fingerprint density at radius 2 is 1.80 bits per heavy atom. The van der Waals surface area contributed by atoms with Crippen molar-refractivity contribution in [3.63, 3.8) is 0 Å². The van der Waals surface area contributed by atoms with Crippen molar-refractivity contribution in [1.29, 1.82) is 0 Å². The van der Waals surface area contributed by atoms with Crippen molar-refractivity contribution in [2.45, 2.75) is 40.2 Å². The van der Waals surface area contributed by atoms with E-state index in [1.54, 1.807) is 0 Å². The summed E-state index contributed by atoms with van der Waals surface area (Å²) >= 11 is 5.92. The van der Waals surface area contributed by atoms with E-state index in [0.717, 1.165) is 43.3 Å². The predicted molar refractivity (Wildman–Crippen MR) is 107 cm³/mol. The van der Waals surface area contributed by atoms with Crippen molar-refractivity contribution in [3.8, 4) is 0 Å². The molecule has 2 rings (SSSR count). The van der Waals surface area contributed by atoms with Crippen LogP contribution in [0.1, 0.15) is 32.9 Å². The molecule has 0 bridgehead atoms. The first kappa shape index (κ1) is 19.5. The third kappa shape index (κ3) is 6.52. The van der Waals surface area contributed by atoms with Gasteiger partial charge in [0.1, 0.15) is 5.82 Å². The maximum absolute atomic E-state index is 5.92. The van der Waals surface area contributed by atoms with E-state index in [0.29, 0.717) is 17.0 Å². The van der Waals surface area contributed by atoms with Crippen LogP contribution in [0.5, 0.6) is 0 Å². The van der Waals surface area contributed by atoms with Gasteiger partial charge in [-0.3, -0.25) is 0 Å². The Balaban J connectivity index is 1.99. The van der Waals surface area contributed by atoms with Gasteiger partial charge in [0.05, 0.1) is 0 Å². The van der Waals surface area contributed by atoms with Gasteiger partial charge in [-0.1, -0.05) is 25.4 Å². The zero-order valence-corrected chi connectivity index (χ0v) is 16.3. The number of anilines is 3. The highest BCUT2D eigenvalue weighted by Crippen LogP contribution is 2.18. The summed E-state index contributed by atoms with van der Waals surface area (Å²) in [6.07, 6.45) is 1.07. The molecule has 1 atom stereocenters. The molecule has 0 spiro atoms. The van der Waals surface area contributed by atoms with Gasteiger partial charge in [-0.15, -0.1) is 0 Å². The summed E-state index contributed by atoms with van der Waals surface area (Å²) < 4.78 is 0. The Hall–Kier alpha value is -1.85. The van der Waals surface area contributed by atoms with Crippen LogP contribution in [-0.4, -0.2) is 40.5 Å². The molecule has 0 saturated carbocycles. The second kappa shape index (κ2) is 9.59. The summed E-state index contributed by atoms with van der Waals surface area (Å²) in [4.78, 5) is 11.5. The molecular weight excluding hydrogens is 334 g/mol. The normalized spacial score (nSPS) is 12.2. The Morgan fingerprint density at radius 3 is 2.44 bits per heavy atom. The Bertz CT molecular complexity index is 655. The molecule has 136 valence electrons. The molecule has 0 aliphatic rings. The molecule has 25 heavy (non-hydrogen) atoms. The summed E-state index contributed by atoms with van der Waals surface area (Å²) in [5.41, 5.74) is 1.83. The topological polar surface area (TPSA) is 53.1 Å². The van der Waals surface area contributed by atoms with E-state index in [-0.39, 0.29) is 0 Å². The van der Waals surface area contributed by atoms with Gasteiger partial charge in [-0.2, -0.15) is 4.98 Å². The lowest BCUT2D eigenvalue weighted by atomic mass is 10.2. The lowest BCUT2D eigenvalue weighted by molar-refractivity contribution is 0.295. The van der Waals surface area contributed by atoms with Crippen molar-refractivity contribution in [3.05, 3.63) is 41.0 Å². The minimum Gasteiger partial charge on any atom is -0.367 e. The van der Waals surface area contributed by atoms with E-state index in [1.165, 1.54) is 0 Å². The minimum atomic E-state index is 0.346. The summed E-state index contributed by atoms with van der Waals surface area (Å²) in [7, 11) is 0. The Kier molecular flexibility index (Phi) is 7.47. The number of aromatic nitrogens is 2. The molecule has 1 unspecified atom stereocenters. The number of rotatable bonds is 9. The first-order valence-electron chi connectivity index (χ1n) is 8.87. The summed E-state index contributed by atoms with van der Waals surface area (Å²) in [5, 5.41) is 7.42. The Morgan fingerprint density at radius 1 is 1.12 bits per heavy atom. The van der Waals surface area contributed by atoms with Gasteiger partial charge in [0.25, 0.3) is 0 Å². The van der Waals surface area contributed by atoms with Gasteiger partial charge in [0.15, 0.2) is 0 Å². The second-order valence-electron chi connectivity index (χ2n) is 6.21. The number of hydrogen-bond donors (Lipinski definition) is 2. The maximum atomic E-state index is 5.92. The highest BCUT2D eigenvalue weighted by Gasteiger charge is 2.08. The summed E-state index contributed by atoms with van der Waals surface area (Å²) in [6, 6.07) is 9.82. The maximum Gasteiger partial charge on any atom is 0.229 e. The minimum absolute atomic E-state index is 0.346. The SMILES string of the molecule is CCN(CC)CCC(C)Nc1cc(C)nc(Nc2ccc(Cl)cc2)n1. The van der Waals surface area contributed by atoms with Crippen molar-refractivity contribution < 1.29 is 0 Å². The third-order valence-corrected chi connectivity index (χ3v) is 4.37. The molecule has 0 aliphatic carbocycles. The van der Waals surface area contributed by atoms with Crippen LogP contribution in [0.4, 0.5) is 17.5 Å². The van der Waals surface area contributed by atoms with E-state index >= 15 is 0 Å². The molecule has 1 aromatic heterocycles. The van der Waals surface area contributed by atoms with Gasteiger partial charge < -0.3 is 15.5 Å². The zero-order chi connectivity index (χ0) is 18.2.